The first-order valence-electron chi connectivity index (χ1n) is 8.99. The zero-order valence-electron chi connectivity index (χ0n) is 15.9. The second-order valence-electron chi connectivity index (χ2n) is 6.47. The van der Waals surface area contributed by atoms with Crippen molar-refractivity contribution in [2.24, 2.45) is 0 Å². The summed E-state index contributed by atoms with van der Waals surface area (Å²) >= 11 is 0. The third-order valence-corrected chi connectivity index (χ3v) is 4.25. The summed E-state index contributed by atoms with van der Waals surface area (Å²) in [5.74, 6) is -0.583. The van der Waals surface area contributed by atoms with Crippen molar-refractivity contribution in [3.05, 3.63) is 47.6 Å². The number of aliphatic hydroxyl groups excluding tert-OH is 4. The van der Waals surface area contributed by atoms with Crippen LogP contribution in [0.4, 0.5) is 0 Å². The predicted molar refractivity (Wildman–Crippen MR) is 102 cm³/mol. The molecule has 30 heavy (non-hydrogen) atoms. The molecule has 5 N–H and O–H groups in total. The number of ether oxygens (including phenoxy) is 3. The molecule has 0 saturated carbocycles. The molecular formula is C20H23NO9. The van der Waals surface area contributed by atoms with Gasteiger partial charge in [0.2, 0.25) is 0 Å². The Labute approximate surface area is 172 Å². The lowest BCUT2D eigenvalue weighted by atomic mass is 9.99. The van der Waals surface area contributed by atoms with E-state index in [1.165, 1.54) is 24.3 Å². The predicted octanol–water partition coefficient (Wildman–Crippen LogP) is -0.785. The van der Waals surface area contributed by atoms with E-state index in [0.29, 0.717) is 5.56 Å². The zero-order valence-corrected chi connectivity index (χ0v) is 15.9. The first kappa shape index (κ1) is 23.5. The van der Waals surface area contributed by atoms with Crippen LogP contribution in [0.3, 0.4) is 0 Å². The lowest BCUT2D eigenvalue weighted by molar-refractivity contribution is -0.299. The summed E-state index contributed by atoms with van der Waals surface area (Å²) in [6.07, 6.45) is -3.42. The van der Waals surface area contributed by atoms with Crippen molar-refractivity contribution in [1.82, 2.24) is 0 Å². The number of hydrogen-bond donors (Lipinski definition) is 5. The highest BCUT2D eigenvalue weighted by Gasteiger charge is 2.44. The quantitative estimate of drug-likeness (QED) is 0.204. The summed E-state index contributed by atoms with van der Waals surface area (Å²) in [7, 11) is 0. The molecule has 0 aliphatic carbocycles. The molecule has 162 valence electrons. The highest BCUT2D eigenvalue weighted by molar-refractivity contribution is 5.87. The van der Waals surface area contributed by atoms with E-state index in [1.54, 1.807) is 18.2 Å². The molecule has 0 spiro atoms. The van der Waals surface area contributed by atoms with Gasteiger partial charge >= 0.3 is 5.97 Å². The molecule has 1 saturated heterocycles. The van der Waals surface area contributed by atoms with Gasteiger partial charge in [0.05, 0.1) is 19.3 Å². The number of aromatic hydroxyl groups is 1. The van der Waals surface area contributed by atoms with Crippen LogP contribution in [-0.4, -0.2) is 82.0 Å². The number of phenols is 1. The Balaban J connectivity index is 1.87. The van der Waals surface area contributed by atoms with Gasteiger partial charge in [0.15, 0.2) is 6.29 Å². The van der Waals surface area contributed by atoms with Gasteiger partial charge in [-0.3, -0.25) is 0 Å². The summed E-state index contributed by atoms with van der Waals surface area (Å²) < 4.78 is 15.6. The SMILES string of the molecule is N#C/C=C(\COC(=O)/C=C/c1ccc(O)cc1)CO[C@@H]1O[C@H](CO)[C@@H](O)[C@H](O)[C@H]1O. The minimum atomic E-state index is -1.59. The van der Waals surface area contributed by atoms with Crippen LogP contribution in [0.5, 0.6) is 5.75 Å². The summed E-state index contributed by atoms with van der Waals surface area (Å²) in [4.78, 5) is 11.8. The van der Waals surface area contributed by atoms with Crippen LogP contribution in [0, 0.1) is 11.3 Å². The Kier molecular flexibility index (Phi) is 8.94. The van der Waals surface area contributed by atoms with Gasteiger partial charge in [0.1, 0.15) is 36.8 Å². The number of esters is 1. The summed E-state index contributed by atoms with van der Waals surface area (Å²) in [6, 6.07) is 7.93. The third-order valence-electron chi connectivity index (χ3n) is 4.25. The van der Waals surface area contributed by atoms with Crippen molar-refractivity contribution in [1.29, 1.82) is 5.26 Å². The average Bonchev–Trinajstić information content (AvgIpc) is 2.74. The van der Waals surface area contributed by atoms with Gasteiger partial charge in [-0.15, -0.1) is 0 Å². The van der Waals surface area contributed by atoms with E-state index in [2.05, 4.69) is 0 Å². The molecule has 0 aromatic heterocycles. The van der Waals surface area contributed by atoms with Crippen LogP contribution < -0.4 is 0 Å². The van der Waals surface area contributed by atoms with E-state index in [1.807, 2.05) is 0 Å². The first-order valence-corrected chi connectivity index (χ1v) is 8.99. The van der Waals surface area contributed by atoms with Crippen molar-refractivity contribution >= 4 is 12.0 Å². The smallest absolute Gasteiger partial charge is 0.331 e. The molecule has 10 heteroatoms. The third kappa shape index (κ3) is 6.64. The number of nitrogens with zero attached hydrogens (tertiary/aromatic N) is 1. The lowest BCUT2D eigenvalue weighted by Gasteiger charge is -2.39. The molecule has 2 rings (SSSR count). The van der Waals surface area contributed by atoms with Crippen LogP contribution in [-0.2, 0) is 19.0 Å². The highest BCUT2D eigenvalue weighted by Crippen LogP contribution is 2.22. The summed E-state index contributed by atoms with van der Waals surface area (Å²) in [5.41, 5.74) is 0.921. The zero-order chi connectivity index (χ0) is 22.1. The van der Waals surface area contributed by atoms with Gasteiger partial charge in [-0.25, -0.2) is 4.79 Å². The fraction of sp³-hybridized carbons (Fsp3) is 0.400. The summed E-state index contributed by atoms with van der Waals surface area (Å²) in [6.45, 7) is -1.15. The second kappa shape index (κ2) is 11.4. The second-order valence-corrected chi connectivity index (χ2v) is 6.47. The highest BCUT2D eigenvalue weighted by atomic mass is 16.7. The molecule has 1 heterocycles. The van der Waals surface area contributed by atoms with Crippen LogP contribution in [0.15, 0.2) is 42.0 Å². The Morgan fingerprint density at radius 2 is 1.83 bits per heavy atom. The minimum absolute atomic E-state index is 0.0976. The average molecular weight is 421 g/mol. The topological polar surface area (TPSA) is 170 Å². The van der Waals surface area contributed by atoms with Crippen LogP contribution in [0.1, 0.15) is 5.56 Å². The van der Waals surface area contributed by atoms with E-state index >= 15 is 0 Å². The maximum absolute atomic E-state index is 11.8. The molecule has 1 aliphatic rings. The van der Waals surface area contributed by atoms with Gasteiger partial charge < -0.3 is 39.7 Å². The first-order chi connectivity index (χ1) is 14.3. The number of hydrogen-bond acceptors (Lipinski definition) is 10. The number of allylic oxidation sites excluding steroid dienone is 1. The van der Waals surface area contributed by atoms with Crippen molar-refractivity contribution < 1.29 is 44.5 Å². The number of aliphatic hydroxyl groups is 4. The lowest BCUT2D eigenvalue weighted by Crippen LogP contribution is -2.59. The molecule has 0 bridgehead atoms. The maximum atomic E-state index is 11.8. The van der Waals surface area contributed by atoms with Gasteiger partial charge in [-0.2, -0.15) is 5.26 Å². The maximum Gasteiger partial charge on any atom is 0.331 e. The normalized spacial score (nSPS) is 27.0. The van der Waals surface area contributed by atoms with Crippen molar-refractivity contribution in [2.75, 3.05) is 19.8 Å². The van der Waals surface area contributed by atoms with E-state index in [9.17, 15) is 30.3 Å². The van der Waals surface area contributed by atoms with E-state index in [0.717, 1.165) is 6.08 Å². The standard InChI is InChI=1S/C20H23NO9/c21-8-7-13(10-28-16(24)6-3-12-1-4-14(23)5-2-12)11-29-20-19(27)18(26)17(25)15(9-22)30-20/h1-7,15,17-20,22-23,25-27H,9-11H2/b6-3+,13-7+/t15-,17-,18+,19-,20-/m1/s1. The fourth-order valence-electron chi connectivity index (χ4n) is 2.57. The number of benzene rings is 1. The Morgan fingerprint density at radius 1 is 1.13 bits per heavy atom. The van der Waals surface area contributed by atoms with Crippen molar-refractivity contribution in [3.8, 4) is 11.8 Å². The number of nitriles is 1. The van der Waals surface area contributed by atoms with Crippen LogP contribution in [0.25, 0.3) is 6.08 Å². The van der Waals surface area contributed by atoms with Crippen molar-refractivity contribution in [3.63, 3.8) is 0 Å². The van der Waals surface area contributed by atoms with Gasteiger partial charge in [0, 0.05) is 17.7 Å². The van der Waals surface area contributed by atoms with Crippen molar-refractivity contribution in [2.45, 2.75) is 30.7 Å². The Morgan fingerprint density at radius 3 is 2.47 bits per heavy atom. The Bertz CT molecular complexity index is 797. The molecule has 5 atom stereocenters. The Hall–Kier alpha value is -2.78. The van der Waals surface area contributed by atoms with Crippen LogP contribution in [0.2, 0.25) is 0 Å². The number of carbonyl (C=O) groups excluding carboxylic acids is 1. The number of carbonyl (C=O) groups is 1. The number of phenolic OH excluding ortho intramolecular Hbond substituents is 1. The molecule has 0 radical (unpaired) electrons. The van der Waals surface area contributed by atoms with E-state index in [4.69, 9.17) is 19.5 Å². The molecule has 1 aliphatic heterocycles. The molecule has 10 nitrogen and oxygen atoms in total. The van der Waals surface area contributed by atoms with Gasteiger partial charge in [-0.1, -0.05) is 12.1 Å². The molecular weight excluding hydrogens is 398 g/mol. The monoisotopic (exact) mass is 421 g/mol. The fourth-order valence-corrected chi connectivity index (χ4v) is 2.57. The molecule has 1 aromatic rings. The van der Waals surface area contributed by atoms with E-state index in [-0.39, 0.29) is 24.5 Å². The van der Waals surface area contributed by atoms with E-state index < -0.39 is 43.3 Å². The minimum Gasteiger partial charge on any atom is -0.508 e. The van der Waals surface area contributed by atoms with Gasteiger partial charge in [0.25, 0.3) is 0 Å². The largest absolute Gasteiger partial charge is 0.508 e. The summed E-state index contributed by atoms with van der Waals surface area (Å²) in [5, 5.41) is 56.7. The molecule has 0 amide bonds. The molecule has 0 unspecified atom stereocenters. The molecule has 1 fully saturated rings. The number of rotatable bonds is 8. The van der Waals surface area contributed by atoms with Crippen LogP contribution >= 0.6 is 0 Å². The van der Waals surface area contributed by atoms with Gasteiger partial charge in [-0.05, 0) is 23.8 Å². The molecule has 1 aromatic carbocycles.